The van der Waals surface area contributed by atoms with Gasteiger partial charge >= 0.3 is 0 Å². The van der Waals surface area contributed by atoms with Crippen molar-refractivity contribution in [1.82, 2.24) is 5.32 Å². The Labute approximate surface area is 112 Å². The summed E-state index contributed by atoms with van der Waals surface area (Å²) in [7, 11) is 0. The first-order valence-electron chi connectivity index (χ1n) is 5.93. The van der Waals surface area contributed by atoms with Crippen LogP contribution in [-0.2, 0) is 16.1 Å². The third-order valence-electron chi connectivity index (χ3n) is 2.23. The maximum atomic E-state index is 5.55. The number of halogens is 1. The molecule has 0 saturated heterocycles. The Morgan fingerprint density at radius 2 is 1.71 bits per heavy atom. The molecule has 1 N–H and O–H groups in total. The van der Waals surface area contributed by atoms with Crippen LogP contribution in [0.15, 0.2) is 28.7 Å². The van der Waals surface area contributed by atoms with E-state index in [-0.39, 0.29) is 0 Å². The zero-order valence-corrected chi connectivity index (χ0v) is 11.8. The summed E-state index contributed by atoms with van der Waals surface area (Å²) in [6, 6.07) is 8.18. The van der Waals surface area contributed by atoms with Gasteiger partial charge in [0, 0.05) is 24.2 Å². The topological polar surface area (TPSA) is 30.5 Å². The van der Waals surface area contributed by atoms with Crippen LogP contribution >= 0.6 is 15.9 Å². The third kappa shape index (κ3) is 7.49. The molecule has 0 fully saturated rings. The fourth-order valence-electron chi connectivity index (χ4n) is 1.33. The molecule has 1 rings (SSSR count). The van der Waals surface area contributed by atoms with E-state index < -0.39 is 0 Å². The minimum atomic E-state index is 0.667. The van der Waals surface area contributed by atoms with Crippen molar-refractivity contribution >= 4 is 15.9 Å². The molecule has 96 valence electrons. The lowest BCUT2D eigenvalue weighted by molar-refractivity contribution is 0.116. The van der Waals surface area contributed by atoms with Gasteiger partial charge in [0.25, 0.3) is 0 Å². The molecule has 0 aromatic heterocycles. The van der Waals surface area contributed by atoms with Crippen LogP contribution in [0.5, 0.6) is 0 Å². The van der Waals surface area contributed by atoms with Crippen LogP contribution in [0.25, 0.3) is 0 Å². The van der Waals surface area contributed by atoms with Gasteiger partial charge in [-0.3, -0.25) is 0 Å². The average molecular weight is 302 g/mol. The first-order chi connectivity index (χ1) is 8.33. The van der Waals surface area contributed by atoms with Crippen molar-refractivity contribution in [3.05, 3.63) is 34.3 Å². The molecule has 1 aromatic rings. The van der Waals surface area contributed by atoms with Crippen molar-refractivity contribution in [2.75, 3.05) is 32.9 Å². The van der Waals surface area contributed by atoms with Crippen LogP contribution in [0.2, 0.25) is 0 Å². The quantitative estimate of drug-likeness (QED) is 0.711. The predicted molar refractivity (Wildman–Crippen MR) is 73.2 cm³/mol. The molecule has 0 aliphatic carbocycles. The smallest absolute Gasteiger partial charge is 0.0717 e. The van der Waals surface area contributed by atoms with Crippen molar-refractivity contribution in [3.8, 4) is 0 Å². The summed E-state index contributed by atoms with van der Waals surface area (Å²) in [4.78, 5) is 0. The van der Waals surface area contributed by atoms with E-state index in [1.165, 1.54) is 5.56 Å². The second kappa shape index (κ2) is 9.59. The lowest BCUT2D eigenvalue weighted by atomic mass is 10.2. The maximum absolute atomic E-state index is 5.55. The second-order valence-electron chi connectivity index (χ2n) is 3.63. The van der Waals surface area contributed by atoms with Gasteiger partial charge in [-0.1, -0.05) is 28.1 Å². The van der Waals surface area contributed by atoms with E-state index in [0.717, 1.165) is 37.4 Å². The van der Waals surface area contributed by atoms with Crippen LogP contribution in [-0.4, -0.2) is 32.9 Å². The Morgan fingerprint density at radius 3 is 2.35 bits per heavy atom. The van der Waals surface area contributed by atoms with E-state index in [4.69, 9.17) is 9.47 Å². The third-order valence-corrected chi connectivity index (χ3v) is 2.76. The number of hydrogen-bond acceptors (Lipinski definition) is 3. The number of rotatable bonds is 9. The van der Waals surface area contributed by atoms with E-state index in [9.17, 15) is 0 Å². The van der Waals surface area contributed by atoms with Gasteiger partial charge in [0.15, 0.2) is 0 Å². The van der Waals surface area contributed by atoms with Crippen LogP contribution in [0.3, 0.4) is 0 Å². The number of hydrogen-bond donors (Lipinski definition) is 1. The summed E-state index contributed by atoms with van der Waals surface area (Å²) in [5.41, 5.74) is 1.20. The standard InChI is InChI=1S/C13H20BrNO2/c1-2-16-9-7-15-8-10-17-11-12-3-5-13(14)6-4-12/h3-6,15H,2,7-11H2,1H3. The first kappa shape index (κ1) is 14.6. The molecule has 0 bridgehead atoms. The molecule has 0 amide bonds. The van der Waals surface area contributed by atoms with E-state index in [0.29, 0.717) is 6.61 Å². The fraction of sp³-hybridized carbons (Fsp3) is 0.538. The Balaban J connectivity index is 1.95. The first-order valence-corrected chi connectivity index (χ1v) is 6.73. The lowest BCUT2D eigenvalue weighted by Gasteiger charge is -2.06. The molecular weight excluding hydrogens is 282 g/mol. The molecule has 0 aliphatic heterocycles. The van der Waals surface area contributed by atoms with Crippen LogP contribution < -0.4 is 5.32 Å². The number of nitrogens with one attached hydrogen (secondary N) is 1. The van der Waals surface area contributed by atoms with Gasteiger partial charge < -0.3 is 14.8 Å². The summed E-state index contributed by atoms with van der Waals surface area (Å²) >= 11 is 3.41. The summed E-state index contributed by atoms with van der Waals surface area (Å²) in [5.74, 6) is 0. The van der Waals surface area contributed by atoms with Gasteiger partial charge in [0.1, 0.15) is 0 Å². The highest BCUT2D eigenvalue weighted by molar-refractivity contribution is 9.10. The van der Waals surface area contributed by atoms with Crippen molar-refractivity contribution in [3.63, 3.8) is 0 Å². The van der Waals surface area contributed by atoms with E-state index in [1.807, 2.05) is 19.1 Å². The van der Waals surface area contributed by atoms with Gasteiger partial charge in [-0.05, 0) is 24.6 Å². The largest absolute Gasteiger partial charge is 0.380 e. The highest BCUT2D eigenvalue weighted by Gasteiger charge is 1.93. The summed E-state index contributed by atoms with van der Waals surface area (Å²) < 4.78 is 11.9. The van der Waals surface area contributed by atoms with E-state index >= 15 is 0 Å². The maximum Gasteiger partial charge on any atom is 0.0717 e. The molecule has 1 aromatic carbocycles. The zero-order chi connectivity index (χ0) is 12.3. The minimum absolute atomic E-state index is 0.667. The molecule has 0 spiro atoms. The molecule has 0 radical (unpaired) electrons. The molecule has 0 atom stereocenters. The molecule has 0 unspecified atom stereocenters. The highest BCUT2D eigenvalue weighted by atomic mass is 79.9. The molecule has 0 heterocycles. The van der Waals surface area contributed by atoms with Gasteiger partial charge in [-0.15, -0.1) is 0 Å². The highest BCUT2D eigenvalue weighted by Crippen LogP contribution is 2.10. The number of ether oxygens (including phenoxy) is 2. The molecule has 4 heteroatoms. The minimum Gasteiger partial charge on any atom is -0.380 e. The average Bonchev–Trinajstić information content (AvgIpc) is 2.35. The SMILES string of the molecule is CCOCCNCCOCc1ccc(Br)cc1. The van der Waals surface area contributed by atoms with Crippen LogP contribution in [0.4, 0.5) is 0 Å². The molecule has 0 aliphatic rings. The summed E-state index contributed by atoms with van der Waals surface area (Å²) in [6.45, 7) is 6.69. The summed E-state index contributed by atoms with van der Waals surface area (Å²) in [6.07, 6.45) is 0. The molecule has 3 nitrogen and oxygen atoms in total. The van der Waals surface area contributed by atoms with Crippen LogP contribution in [0.1, 0.15) is 12.5 Å². The normalized spacial score (nSPS) is 10.7. The second-order valence-corrected chi connectivity index (χ2v) is 4.54. The fourth-order valence-corrected chi connectivity index (χ4v) is 1.59. The van der Waals surface area contributed by atoms with Gasteiger partial charge in [0.05, 0.1) is 19.8 Å². The van der Waals surface area contributed by atoms with E-state index in [1.54, 1.807) is 0 Å². The summed E-state index contributed by atoms with van der Waals surface area (Å²) in [5, 5.41) is 3.26. The Kier molecular flexibility index (Phi) is 8.26. The van der Waals surface area contributed by atoms with Crippen molar-refractivity contribution < 1.29 is 9.47 Å². The molecule has 0 saturated carbocycles. The molecular formula is C13H20BrNO2. The van der Waals surface area contributed by atoms with Crippen molar-refractivity contribution in [2.45, 2.75) is 13.5 Å². The van der Waals surface area contributed by atoms with Crippen molar-refractivity contribution in [1.29, 1.82) is 0 Å². The monoisotopic (exact) mass is 301 g/mol. The zero-order valence-electron chi connectivity index (χ0n) is 10.2. The Morgan fingerprint density at radius 1 is 1.06 bits per heavy atom. The van der Waals surface area contributed by atoms with Crippen molar-refractivity contribution in [2.24, 2.45) is 0 Å². The van der Waals surface area contributed by atoms with Gasteiger partial charge in [-0.25, -0.2) is 0 Å². The predicted octanol–water partition coefficient (Wildman–Crippen LogP) is 2.59. The Hall–Kier alpha value is -0.420. The van der Waals surface area contributed by atoms with Gasteiger partial charge in [-0.2, -0.15) is 0 Å². The van der Waals surface area contributed by atoms with E-state index in [2.05, 4.69) is 33.4 Å². The van der Waals surface area contributed by atoms with Crippen LogP contribution in [0, 0.1) is 0 Å². The van der Waals surface area contributed by atoms with Gasteiger partial charge in [0.2, 0.25) is 0 Å². The lowest BCUT2D eigenvalue weighted by Crippen LogP contribution is -2.23. The Bertz CT molecular complexity index is 290. The molecule has 17 heavy (non-hydrogen) atoms. The number of benzene rings is 1.